The van der Waals surface area contributed by atoms with Crippen LogP contribution in [0.5, 0.6) is 0 Å². The van der Waals surface area contributed by atoms with Crippen molar-refractivity contribution in [2.24, 2.45) is 0 Å². The van der Waals surface area contributed by atoms with Crippen molar-refractivity contribution in [1.82, 2.24) is 4.72 Å². The first-order valence-electron chi connectivity index (χ1n) is 15.8. The number of nitrogens with one attached hydrogen (secondary N) is 1. The Kier molecular flexibility index (Phi) is 10.8. The van der Waals surface area contributed by atoms with Crippen LogP contribution in [0.2, 0.25) is 5.04 Å². The van der Waals surface area contributed by atoms with E-state index in [1.165, 1.54) is 10.6 Å². The fourth-order valence-electron chi connectivity index (χ4n) is 6.09. The summed E-state index contributed by atoms with van der Waals surface area (Å²) in [7, 11) is -7.75. The topological polar surface area (TPSA) is 55.4 Å². The maximum absolute atomic E-state index is 14.1. The maximum atomic E-state index is 14.1. The minimum atomic E-state index is -3.86. The van der Waals surface area contributed by atoms with E-state index in [4.69, 9.17) is 4.43 Å². The van der Waals surface area contributed by atoms with E-state index in [-0.39, 0.29) is 9.93 Å². The summed E-state index contributed by atoms with van der Waals surface area (Å²) in [5, 5.41) is 4.46. The highest BCUT2D eigenvalue weighted by atomic mass is 32.2. The van der Waals surface area contributed by atoms with E-state index in [1.807, 2.05) is 50.2 Å². The molecule has 0 saturated heterocycles. The van der Waals surface area contributed by atoms with Crippen molar-refractivity contribution in [3.63, 3.8) is 0 Å². The highest BCUT2D eigenvalue weighted by molar-refractivity contribution is 7.89. The second-order valence-corrected chi connectivity index (χ2v) is 21.0. The number of sulfonamides is 1. The normalized spacial score (nSPS) is 13.8. The molecular formula is C39H44NO3PSSi. The van der Waals surface area contributed by atoms with E-state index in [1.54, 1.807) is 12.1 Å². The number of aryl methyl sites for hydroxylation is 1. The summed E-state index contributed by atoms with van der Waals surface area (Å²) in [5.74, 6) is 0. The van der Waals surface area contributed by atoms with Gasteiger partial charge in [-0.3, -0.25) is 0 Å². The first-order chi connectivity index (χ1) is 22.0. The Morgan fingerprint density at radius 3 is 1.50 bits per heavy atom. The Morgan fingerprint density at radius 2 is 1.09 bits per heavy atom. The molecule has 2 atom stereocenters. The van der Waals surface area contributed by atoms with Crippen LogP contribution in [0, 0.1) is 6.92 Å². The van der Waals surface area contributed by atoms with Crippen LogP contribution in [0.3, 0.4) is 0 Å². The zero-order valence-electron chi connectivity index (χ0n) is 27.3. The summed E-state index contributed by atoms with van der Waals surface area (Å²) in [5.41, 5.74) is 1.01. The van der Waals surface area contributed by atoms with E-state index in [2.05, 4.69) is 123 Å². The molecule has 4 nitrogen and oxygen atoms in total. The SMILES string of the molecule is Cc1ccc(S(=O)(=O)N[C@H](CP(c2ccccc2)c2ccccc2)[C@@H](C)O[Si](c2ccccc2)(c2ccccc2)C(C)(C)C)cc1. The van der Waals surface area contributed by atoms with E-state index in [0.29, 0.717) is 6.16 Å². The molecule has 238 valence electrons. The van der Waals surface area contributed by atoms with Gasteiger partial charge in [0.1, 0.15) is 0 Å². The summed E-state index contributed by atoms with van der Waals surface area (Å²) in [6.07, 6.45) is 0.123. The molecular weight excluding hydrogens is 622 g/mol. The molecule has 0 aliphatic carbocycles. The fraction of sp³-hybridized carbons (Fsp3) is 0.231. The number of hydrogen-bond donors (Lipinski definition) is 1. The van der Waals surface area contributed by atoms with Crippen LogP contribution in [-0.4, -0.2) is 35.0 Å². The standard InChI is InChI=1S/C39H44NO3PSSi/c1-31-26-28-35(29-27-31)45(41,42)40-38(30-44(33-18-10-6-11-19-33)34-20-12-7-13-21-34)32(2)43-46(39(3,4)5,36-22-14-8-15-23-36)37-24-16-9-17-25-37/h6-29,32,38,40H,30H2,1-5H3/t32-,38-/m1/s1. The second-order valence-electron chi connectivity index (χ2n) is 12.8. The van der Waals surface area contributed by atoms with Gasteiger partial charge in [0.05, 0.1) is 17.0 Å². The van der Waals surface area contributed by atoms with Crippen molar-refractivity contribution in [3.8, 4) is 0 Å². The average molecular weight is 666 g/mol. The van der Waals surface area contributed by atoms with Crippen molar-refractivity contribution in [3.05, 3.63) is 151 Å². The van der Waals surface area contributed by atoms with Crippen LogP contribution < -0.4 is 25.7 Å². The van der Waals surface area contributed by atoms with Gasteiger partial charge in [-0.25, -0.2) is 13.1 Å². The lowest BCUT2D eigenvalue weighted by Crippen LogP contribution is -2.69. The van der Waals surface area contributed by atoms with E-state index in [9.17, 15) is 8.42 Å². The third-order valence-electron chi connectivity index (χ3n) is 8.50. The molecule has 0 amide bonds. The average Bonchev–Trinajstić information content (AvgIpc) is 3.06. The molecule has 5 rings (SSSR count). The summed E-state index contributed by atoms with van der Waals surface area (Å²) >= 11 is 0. The minimum absolute atomic E-state index is 0.254. The highest BCUT2D eigenvalue weighted by Gasteiger charge is 2.52. The van der Waals surface area contributed by atoms with Crippen molar-refractivity contribution < 1.29 is 12.8 Å². The number of benzene rings is 5. The quantitative estimate of drug-likeness (QED) is 0.119. The van der Waals surface area contributed by atoms with Crippen LogP contribution >= 0.6 is 7.92 Å². The lowest BCUT2D eigenvalue weighted by atomic mass is 10.2. The molecule has 7 heteroatoms. The molecule has 0 saturated carbocycles. The van der Waals surface area contributed by atoms with Gasteiger partial charge in [-0.15, -0.1) is 0 Å². The first-order valence-corrected chi connectivity index (χ1v) is 20.7. The molecule has 0 aliphatic rings. The molecule has 0 aromatic heterocycles. The van der Waals surface area contributed by atoms with Crippen molar-refractivity contribution in [2.75, 3.05) is 6.16 Å². The third kappa shape index (κ3) is 7.59. The molecule has 0 heterocycles. The van der Waals surface area contributed by atoms with Gasteiger partial charge in [0, 0.05) is 0 Å². The van der Waals surface area contributed by atoms with Gasteiger partial charge < -0.3 is 4.43 Å². The molecule has 0 aliphatic heterocycles. The summed E-state index contributed by atoms with van der Waals surface area (Å²) < 4.78 is 38.8. The van der Waals surface area contributed by atoms with Gasteiger partial charge in [0.25, 0.3) is 8.32 Å². The summed E-state index contributed by atoms with van der Waals surface area (Å²) in [6.45, 7) is 10.7. The van der Waals surface area contributed by atoms with Crippen molar-refractivity contribution in [2.45, 2.75) is 56.7 Å². The van der Waals surface area contributed by atoms with Crippen molar-refractivity contribution >= 4 is 47.2 Å². The molecule has 0 fully saturated rings. The predicted octanol–water partition coefficient (Wildman–Crippen LogP) is 6.74. The van der Waals surface area contributed by atoms with E-state index < -0.39 is 38.4 Å². The third-order valence-corrected chi connectivity index (χ3v) is 17.7. The van der Waals surface area contributed by atoms with Gasteiger partial charge in [-0.2, -0.15) is 0 Å². The summed E-state index contributed by atoms with van der Waals surface area (Å²) in [4.78, 5) is 0.254. The lowest BCUT2D eigenvalue weighted by molar-refractivity contribution is 0.177. The first kappa shape index (κ1) is 34.0. The Balaban J connectivity index is 1.63. The molecule has 5 aromatic carbocycles. The van der Waals surface area contributed by atoms with E-state index in [0.717, 1.165) is 15.9 Å². The Morgan fingerprint density at radius 1 is 0.674 bits per heavy atom. The molecule has 0 radical (unpaired) electrons. The Hall–Kier alpha value is -3.38. The predicted molar refractivity (Wildman–Crippen MR) is 197 cm³/mol. The monoisotopic (exact) mass is 665 g/mol. The van der Waals surface area contributed by atoms with Crippen LogP contribution in [0.4, 0.5) is 0 Å². The van der Waals surface area contributed by atoms with Gasteiger partial charge in [-0.1, -0.05) is 160 Å². The van der Waals surface area contributed by atoms with Crippen LogP contribution in [-0.2, 0) is 14.4 Å². The Bertz CT molecular complexity index is 1700. The molecule has 46 heavy (non-hydrogen) atoms. The fourth-order valence-corrected chi connectivity index (χ4v) is 14.8. The van der Waals surface area contributed by atoms with Gasteiger partial charge in [0.15, 0.2) is 0 Å². The number of hydrogen-bond acceptors (Lipinski definition) is 3. The van der Waals surface area contributed by atoms with Gasteiger partial charge >= 0.3 is 0 Å². The number of rotatable bonds is 12. The zero-order chi connectivity index (χ0) is 32.8. The molecule has 1 N–H and O–H groups in total. The van der Waals surface area contributed by atoms with Crippen molar-refractivity contribution in [1.29, 1.82) is 0 Å². The molecule has 0 spiro atoms. The zero-order valence-corrected chi connectivity index (χ0v) is 30.0. The largest absolute Gasteiger partial charge is 0.403 e. The highest BCUT2D eigenvalue weighted by Crippen LogP contribution is 2.40. The summed E-state index contributed by atoms with van der Waals surface area (Å²) in [6, 6.07) is 48.4. The Labute approximate surface area is 277 Å². The molecule has 0 unspecified atom stereocenters. The lowest BCUT2D eigenvalue weighted by Gasteiger charge is -2.46. The van der Waals surface area contributed by atoms with Crippen LogP contribution in [0.15, 0.2) is 150 Å². The van der Waals surface area contributed by atoms with E-state index >= 15 is 0 Å². The molecule has 0 bridgehead atoms. The second kappa shape index (κ2) is 14.6. The van der Waals surface area contributed by atoms with Gasteiger partial charge in [-0.05, 0) is 66.1 Å². The smallest absolute Gasteiger partial charge is 0.261 e. The van der Waals surface area contributed by atoms with Crippen LogP contribution in [0.25, 0.3) is 0 Å². The maximum Gasteiger partial charge on any atom is 0.261 e. The minimum Gasteiger partial charge on any atom is -0.403 e. The molecule has 5 aromatic rings. The van der Waals surface area contributed by atoms with Gasteiger partial charge in [0.2, 0.25) is 10.0 Å². The van der Waals surface area contributed by atoms with Crippen LogP contribution in [0.1, 0.15) is 33.3 Å².